The smallest absolute Gasteiger partial charge is 0.310 e. The quantitative estimate of drug-likeness (QED) is 0.204. The summed E-state index contributed by atoms with van der Waals surface area (Å²) in [4.78, 5) is 11.9. The summed E-state index contributed by atoms with van der Waals surface area (Å²) in [7, 11) is 0. The molecule has 0 aliphatic rings. The molecular formula is C34H50N2O3. The summed E-state index contributed by atoms with van der Waals surface area (Å²) in [5, 5.41) is 10.5. The Balaban J connectivity index is 2.38. The van der Waals surface area contributed by atoms with Crippen LogP contribution in [0.4, 0.5) is 0 Å². The van der Waals surface area contributed by atoms with Crippen molar-refractivity contribution >= 4 is 11.7 Å². The molecule has 2 aromatic rings. The van der Waals surface area contributed by atoms with E-state index in [9.17, 15) is 9.90 Å². The Morgan fingerprint density at radius 1 is 1.00 bits per heavy atom. The second kappa shape index (κ2) is 13.8. The predicted molar refractivity (Wildman–Crippen MR) is 163 cm³/mol. The van der Waals surface area contributed by atoms with Crippen molar-refractivity contribution in [1.29, 1.82) is 0 Å². The van der Waals surface area contributed by atoms with Crippen molar-refractivity contribution < 1.29 is 14.6 Å². The van der Waals surface area contributed by atoms with Crippen LogP contribution in [0.2, 0.25) is 0 Å². The molecule has 39 heavy (non-hydrogen) atoms. The first kappa shape index (κ1) is 32.2. The lowest BCUT2D eigenvalue weighted by molar-refractivity contribution is -0.142. The highest BCUT2D eigenvalue weighted by Crippen LogP contribution is 2.40. The van der Waals surface area contributed by atoms with Gasteiger partial charge < -0.3 is 21.3 Å². The summed E-state index contributed by atoms with van der Waals surface area (Å²) in [6.07, 6.45) is 6.47. The number of esters is 1. The Labute approximate surface area is 236 Å². The molecule has 1 atom stereocenters. The average Bonchev–Trinajstić information content (AvgIpc) is 2.88. The summed E-state index contributed by atoms with van der Waals surface area (Å²) >= 11 is 0. The number of aliphatic hydroxyl groups is 1. The summed E-state index contributed by atoms with van der Waals surface area (Å²) in [6.45, 7) is 17.1. The lowest BCUT2D eigenvalue weighted by Crippen LogP contribution is -2.27. The zero-order valence-corrected chi connectivity index (χ0v) is 25.4. The van der Waals surface area contributed by atoms with Crippen LogP contribution in [0, 0.1) is 19.3 Å². The monoisotopic (exact) mass is 534 g/mol. The fourth-order valence-electron chi connectivity index (χ4n) is 5.33. The van der Waals surface area contributed by atoms with Crippen molar-refractivity contribution in [1.82, 2.24) is 0 Å². The third-order valence-corrected chi connectivity index (χ3v) is 8.09. The van der Waals surface area contributed by atoms with Gasteiger partial charge in [-0.1, -0.05) is 71.0 Å². The number of allylic oxidation sites excluding steroid dienone is 1. The van der Waals surface area contributed by atoms with Crippen LogP contribution in [-0.2, 0) is 21.4 Å². The molecule has 0 saturated carbocycles. The van der Waals surface area contributed by atoms with E-state index >= 15 is 0 Å². The first-order chi connectivity index (χ1) is 18.3. The molecule has 0 spiro atoms. The summed E-state index contributed by atoms with van der Waals surface area (Å²) in [6, 6.07) is 13.3. The van der Waals surface area contributed by atoms with Gasteiger partial charge in [-0.05, 0) is 97.5 Å². The van der Waals surface area contributed by atoms with Crippen LogP contribution in [0.25, 0.3) is 5.70 Å². The van der Waals surface area contributed by atoms with Crippen LogP contribution in [-0.4, -0.2) is 23.8 Å². The molecule has 0 radical (unpaired) electrons. The summed E-state index contributed by atoms with van der Waals surface area (Å²) in [5.74, 6) is -0.326. The maximum Gasteiger partial charge on any atom is 0.310 e. The molecule has 0 bridgehead atoms. The van der Waals surface area contributed by atoms with Crippen LogP contribution >= 0.6 is 0 Å². The molecule has 1 unspecified atom stereocenters. The number of benzene rings is 2. The fraction of sp³-hybridized carbons (Fsp3) is 0.500. The van der Waals surface area contributed by atoms with Crippen LogP contribution in [0.3, 0.4) is 0 Å². The van der Waals surface area contributed by atoms with E-state index in [0.717, 1.165) is 36.8 Å². The lowest BCUT2D eigenvalue weighted by Gasteiger charge is -2.34. The van der Waals surface area contributed by atoms with Crippen molar-refractivity contribution in [2.45, 2.75) is 99.0 Å². The van der Waals surface area contributed by atoms with Gasteiger partial charge >= 0.3 is 5.97 Å². The lowest BCUT2D eigenvalue weighted by atomic mass is 9.69. The zero-order valence-electron chi connectivity index (χ0n) is 25.4. The van der Waals surface area contributed by atoms with Crippen molar-refractivity contribution in [3.63, 3.8) is 0 Å². The molecule has 0 saturated heterocycles. The van der Waals surface area contributed by atoms with Gasteiger partial charge in [0.15, 0.2) is 0 Å². The van der Waals surface area contributed by atoms with Gasteiger partial charge in [-0.15, -0.1) is 0 Å². The van der Waals surface area contributed by atoms with Crippen LogP contribution in [0.15, 0.2) is 54.2 Å². The first-order valence-corrected chi connectivity index (χ1v) is 14.3. The third kappa shape index (κ3) is 7.98. The fourth-order valence-corrected chi connectivity index (χ4v) is 5.33. The highest BCUT2D eigenvalue weighted by Gasteiger charge is 2.31. The van der Waals surface area contributed by atoms with Gasteiger partial charge in [-0.3, -0.25) is 4.79 Å². The molecule has 0 fully saturated rings. The van der Waals surface area contributed by atoms with Crippen LogP contribution < -0.4 is 11.5 Å². The van der Waals surface area contributed by atoms with Crippen LogP contribution in [0.1, 0.15) is 101 Å². The molecule has 0 aromatic heterocycles. The SMILES string of the molecule is CCOC(=O)CC(=C/N)/C=C(\N)c1ccc(C(CC)(CC)c2ccc(CCC(O)C(C)(C)C)c(C)c2)cc1C. The molecule has 0 aliphatic carbocycles. The van der Waals surface area contributed by atoms with E-state index in [-0.39, 0.29) is 29.3 Å². The number of rotatable bonds is 12. The van der Waals surface area contributed by atoms with Crippen LogP contribution in [0.5, 0.6) is 0 Å². The minimum absolute atomic E-state index is 0.0848. The molecule has 214 valence electrons. The Bertz CT molecular complexity index is 1180. The maximum atomic E-state index is 11.9. The molecule has 2 rings (SSSR count). The van der Waals surface area contributed by atoms with E-state index in [1.807, 2.05) is 0 Å². The highest BCUT2D eigenvalue weighted by molar-refractivity contribution is 5.76. The minimum atomic E-state index is -0.327. The number of ether oxygens (including phenoxy) is 1. The van der Waals surface area contributed by atoms with E-state index in [4.69, 9.17) is 16.2 Å². The maximum absolute atomic E-state index is 11.9. The molecule has 5 heteroatoms. The van der Waals surface area contributed by atoms with Gasteiger partial charge in [-0.25, -0.2) is 0 Å². The predicted octanol–water partition coefficient (Wildman–Crippen LogP) is 6.84. The van der Waals surface area contributed by atoms with Gasteiger partial charge in [0, 0.05) is 16.7 Å². The van der Waals surface area contributed by atoms with E-state index in [1.165, 1.54) is 28.5 Å². The minimum Gasteiger partial charge on any atom is -0.466 e. The van der Waals surface area contributed by atoms with Crippen molar-refractivity contribution in [2.75, 3.05) is 6.61 Å². The molecule has 2 aromatic carbocycles. The van der Waals surface area contributed by atoms with Gasteiger partial charge in [0.2, 0.25) is 0 Å². The number of carbonyl (C=O) groups excluding carboxylic acids is 1. The largest absolute Gasteiger partial charge is 0.466 e. The topological polar surface area (TPSA) is 98.6 Å². The zero-order chi connectivity index (χ0) is 29.4. The average molecular weight is 535 g/mol. The second-order valence-corrected chi connectivity index (χ2v) is 11.7. The summed E-state index contributed by atoms with van der Waals surface area (Å²) in [5.41, 5.74) is 20.3. The Kier molecular flexibility index (Phi) is 11.4. The molecular weight excluding hydrogens is 484 g/mol. The van der Waals surface area contributed by atoms with Gasteiger partial charge in [0.1, 0.15) is 0 Å². The number of hydrogen-bond donors (Lipinski definition) is 3. The Morgan fingerprint density at radius 3 is 2.08 bits per heavy atom. The normalized spacial score (nSPS) is 13.9. The van der Waals surface area contributed by atoms with Gasteiger partial charge in [-0.2, -0.15) is 0 Å². The number of carbonyl (C=O) groups is 1. The van der Waals surface area contributed by atoms with E-state index in [2.05, 4.69) is 84.9 Å². The first-order valence-electron chi connectivity index (χ1n) is 14.3. The van der Waals surface area contributed by atoms with E-state index in [1.54, 1.807) is 13.0 Å². The second-order valence-electron chi connectivity index (χ2n) is 11.7. The number of aliphatic hydroxyl groups excluding tert-OH is 1. The number of hydrogen-bond acceptors (Lipinski definition) is 5. The Morgan fingerprint density at radius 2 is 1.59 bits per heavy atom. The number of aryl methyl sites for hydroxylation is 3. The van der Waals surface area contributed by atoms with Crippen molar-refractivity contribution in [3.05, 3.63) is 87.6 Å². The van der Waals surface area contributed by atoms with Gasteiger partial charge in [0.25, 0.3) is 0 Å². The van der Waals surface area contributed by atoms with Crippen molar-refractivity contribution in [3.8, 4) is 0 Å². The number of nitrogens with two attached hydrogens (primary N) is 2. The van der Waals surface area contributed by atoms with E-state index < -0.39 is 0 Å². The standard InChI is InChI=1S/C34H50N2O3/c1-9-34(10-2,27-14-12-26(23(4)18-27)13-17-31(37)33(6,7)8)28-15-16-29(24(5)19-28)30(36)20-25(22-35)21-32(38)39-11-3/h12,14-16,18-20,22,31,37H,9-11,13,17,21,35-36H2,1-8H3/b25-22+,30-20-. The van der Waals surface area contributed by atoms with E-state index in [0.29, 0.717) is 17.9 Å². The summed E-state index contributed by atoms with van der Waals surface area (Å²) < 4.78 is 5.04. The Hall–Kier alpha value is -3.05. The highest BCUT2D eigenvalue weighted by atomic mass is 16.5. The molecule has 0 heterocycles. The molecule has 0 amide bonds. The third-order valence-electron chi connectivity index (χ3n) is 8.09. The molecule has 5 nitrogen and oxygen atoms in total. The molecule has 5 N–H and O–H groups in total. The van der Waals surface area contributed by atoms with Crippen molar-refractivity contribution in [2.24, 2.45) is 16.9 Å². The van der Waals surface area contributed by atoms with Gasteiger partial charge in [0.05, 0.1) is 19.1 Å². The molecule has 0 aliphatic heterocycles.